The highest BCUT2D eigenvalue weighted by Crippen LogP contribution is 2.31. The lowest BCUT2D eigenvalue weighted by molar-refractivity contribution is -0.137. The van der Waals surface area contributed by atoms with Gasteiger partial charge < -0.3 is 4.52 Å². The Kier molecular flexibility index (Phi) is 5.26. The first-order valence-electron chi connectivity index (χ1n) is 7.23. The summed E-state index contributed by atoms with van der Waals surface area (Å²) in [6.45, 7) is 1.10. The van der Waals surface area contributed by atoms with Crippen LogP contribution in [-0.2, 0) is 19.3 Å². The van der Waals surface area contributed by atoms with Crippen LogP contribution >= 0.6 is 27.3 Å². The second kappa shape index (κ2) is 7.27. The Bertz CT molecular complexity index is 862. The summed E-state index contributed by atoms with van der Waals surface area (Å²) >= 11 is 5.02. The summed E-state index contributed by atoms with van der Waals surface area (Å²) in [7, 11) is 1.90. The summed E-state index contributed by atoms with van der Waals surface area (Å²) in [6, 6.07) is 6.91. The van der Waals surface area contributed by atoms with Crippen molar-refractivity contribution in [2.45, 2.75) is 19.3 Å². The molecule has 0 N–H and O–H groups in total. The zero-order valence-electron chi connectivity index (χ0n) is 13.0. The quantitative estimate of drug-likeness (QED) is 0.555. The summed E-state index contributed by atoms with van der Waals surface area (Å²) in [5.41, 5.74) is 0.683. The van der Waals surface area contributed by atoms with Gasteiger partial charge in [0.1, 0.15) is 0 Å². The fourth-order valence-electron chi connectivity index (χ4n) is 2.30. The van der Waals surface area contributed by atoms with Crippen molar-refractivity contribution in [2.75, 3.05) is 7.05 Å². The molecule has 0 aliphatic rings. The van der Waals surface area contributed by atoms with Crippen LogP contribution in [-0.4, -0.2) is 22.1 Å². The topological polar surface area (TPSA) is 42.2 Å². The molecule has 0 saturated heterocycles. The Morgan fingerprint density at radius 3 is 2.72 bits per heavy atom. The molecule has 0 unspecified atom stereocenters. The molecular weight excluding hydrogens is 419 g/mol. The third-order valence-electron chi connectivity index (χ3n) is 3.40. The van der Waals surface area contributed by atoms with Gasteiger partial charge in [0.15, 0.2) is 0 Å². The van der Waals surface area contributed by atoms with Gasteiger partial charge in [0, 0.05) is 12.1 Å². The van der Waals surface area contributed by atoms with Crippen LogP contribution < -0.4 is 0 Å². The molecule has 2 aromatic heterocycles. The lowest BCUT2D eigenvalue weighted by Crippen LogP contribution is -2.17. The smallest absolute Gasteiger partial charge is 0.338 e. The first kappa shape index (κ1) is 18.1. The van der Waals surface area contributed by atoms with E-state index in [2.05, 4.69) is 26.1 Å². The van der Waals surface area contributed by atoms with E-state index in [0.717, 1.165) is 21.5 Å². The molecule has 132 valence electrons. The normalized spacial score (nSPS) is 12.1. The van der Waals surface area contributed by atoms with E-state index in [1.807, 2.05) is 23.4 Å². The van der Waals surface area contributed by atoms with E-state index in [1.165, 1.54) is 12.1 Å². The molecule has 0 aliphatic heterocycles. The fourth-order valence-corrected chi connectivity index (χ4v) is 3.50. The van der Waals surface area contributed by atoms with Gasteiger partial charge in [-0.25, -0.2) is 0 Å². The Labute approximate surface area is 154 Å². The minimum Gasteiger partial charge on any atom is -0.338 e. The number of alkyl halides is 3. The monoisotopic (exact) mass is 431 g/mol. The minimum atomic E-state index is -4.41. The molecule has 25 heavy (non-hydrogen) atoms. The second-order valence-electron chi connectivity index (χ2n) is 5.52. The first-order chi connectivity index (χ1) is 11.8. The lowest BCUT2D eigenvalue weighted by Gasteiger charge is -2.12. The van der Waals surface area contributed by atoms with Gasteiger partial charge in [-0.05, 0) is 52.1 Å². The molecule has 3 rings (SSSR count). The summed E-state index contributed by atoms with van der Waals surface area (Å²) in [6.07, 6.45) is -4.41. The highest BCUT2D eigenvalue weighted by Gasteiger charge is 2.30. The van der Waals surface area contributed by atoms with E-state index >= 15 is 0 Å². The molecule has 0 bridgehead atoms. The van der Waals surface area contributed by atoms with Crippen molar-refractivity contribution in [1.82, 2.24) is 15.0 Å². The molecule has 3 aromatic rings. The van der Waals surface area contributed by atoms with E-state index in [9.17, 15) is 13.2 Å². The van der Waals surface area contributed by atoms with Crippen LogP contribution in [0.3, 0.4) is 0 Å². The standard InChI is InChI=1S/C16H13BrF3N3OS/c1-23(7-10-5-13(17)25-9-10)8-14-21-15(22-24-14)11-3-2-4-12(6-11)16(18,19)20/h2-6,9H,7-8H2,1H3. The lowest BCUT2D eigenvalue weighted by atomic mass is 10.1. The molecule has 1 aromatic carbocycles. The number of hydrogen-bond acceptors (Lipinski definition) is 5. The summed E-state index contributed by atoms with van der Waals surface area (Å²) in [5, 5.41) is 5.83. The van der Waals surface area contributed by atoms with E-state index in [1.54, 1.807) is 11.3 Å². The van der Waals surface area contributed by atoms with Crippen LogP contribution in [0, 0.1) is 0 Å². The Hall–Kier alpha value is -1.71. The largest absolute Gasteiger partial charge is 0.416 e. The molecular formula is C16H13BrF3N3OS. The number of thiophene rings is 1. The van der Waals surface area contributed by atoms with Gasteiger partial charge in [0.25, 0.3) is 0 Å². The van der Waals surface area contributed by atoms with Crippen molar-refractivity contribution in [3.63, 3.8) is 0 Å². The Balaban J connectivity index is 1.70. The van der Waals surface area contributed by atoms with Crippen molar-refractivity contribution in [2.24, 2.45) is 0 Å². The maximum atomic E-state index is 12.8. The number of nitrogens with zero attached hydrogens (tertiary/aromatic N) is 3. The molecule has 2 heterocycles. The van der Waals surface area contributed by atoms with Crippen molar-refractivity contribution in [1.29, 1.82) is 0 Å². The van der Waals surface area contributed by atoms with Gasteiger partial charge in [0.05, 0.1) is 15.9 Å². The number of benzene rings is 1. The maximum absolute atomic E-state index is 12.8. The highest BCUT2D eigenvalue weighted by atomic mass is 79.9. The Morgan fingerprint density at radius 2 is 2.04 bits per heavy atom. The van der Waals surface area contributed by atoms with Crippen molar-refractivity contribution >= 4 is 27.3 Å². The number of aromatic nitrogens is 2. The van der Waals surface area contributed by atoms with Gasteiger partial charge in [-0.3, -0.25) is 4.90 Å². The Morgan fingerprint density at radius 1 is 1.24 bits per heavy atom. The first-order valence-corrected chi connectivity index (χ1v) is 8.90. The summed E-state index contributed by atoms with van der Waals surface area (Å²) in [5.74, 6) is 0.497. The minimum absolute atomic E-state index is 0.146. The fraction of sp³-hybridized carbons (Fsp3) is 0.250. The summed E-state index contributed by atoms with van der Waals surface area (Å²) in [4.78, 5) is 6.18. The SMILES string of the molecule is CN(Cc1csc(Br)c1)Cc1nc(-c2cccc(C(F)(F)F)c2)no1. The zero-order valence-corrected chi connectivity index (χ0v) is 15.5. The van der Waals surface area contributed by atoms with Crippen molar-refractivity contribution in [3.8, 4) is 11.4 Å². The molecule has 0 atom stereocenters. The average Bonchev–Trinajstić information content (AvgIpc) is 3.16. The molecule has 9 heteroatoms. The van der Waals surface area contributed by atoms with Crippen LogP contribution in [0.4, 0.5) is 13.2 Å². The van der Waals surface area contributed by atoms with Crippen molar-refractivity contribution < 1.29 is 17.7 Å². The summed E-state index contributed by atoms with van der Waals surface area (Å²) < 4.78 is 44.6. The average molecular weight is 432 g/mol. The molecule has 0 radical (unpaired) electrons. The maximum Gasteiger partial charge on any atom is 0.416 e. The second-order valence-corrected chi connectivity index (χ2v) is 7.81. The van der Waals surface area contributed by atoms with Gasteiger partial charge in [0.2, 0.25) is 11.7 Å². The predicted octanol–water partition coefficient (Wildman–Crippen LogP) is 5.21. The van der Waals surface area contributed by atoms with Crippen LogP contribution in [0.5, 0.6) is 0 Å². The molecule has 0 aliphatic carbocycles. The van der Waals surface area contributed by atoms with Crippen molar-refractivity contribution in [3.05, 3.63) is 56.5 Å². The van der Waals surface area contributed by atoms with Crippen LogP contribution in [0.1, 0.15) is 17.0 Å². The zero-order chi connectivity index (χ0) is 18.0. The van der Waals surface area contributed by atoms with E-state index in [4.69, 9.17) is 4.52 Å². The van der Waals surface area contributed by atoms with Gasteiger partial charge in [-0.2, -0.15) is 18.2 Å². The molecule has 0 saturated carbocycles. The number of rotatable bonds is 5. The molecule has 0 spiro atoms. The van der Waals surface area contributed by atoms with E-state index in [0.29, 0.717) is 19.0 Å². The van der Waals surface area contributed by atoms with E-state index < -0.39 is 11.7 Å². The number of hydrogen-bond donors (Lipinski definition) is 0. The van der Waals surface area contributed by atoms with Crippen LogP contribution in [0.15, 0.2) is 44.0 Å². The molecule has 4 nitrogen and oxygen atoms in total. The van der Waals surface area contributed by atoms with Gasteiger partial charge in [-0.1, -0.05) is 17.3 Å². The third-order valence-corrected chi connectivity index (χ3v) is 4.95. The number of halogens is 4. The third kappa shape index (κ3) is 4.68. The predicted molar refractivity (Wildman–Crippen MR) is 91.9 cm³/mol. The molecule has 0 amide bonds. The van der Waals surface area contributed by atoms with Gasteiger partial charge >= 0.3 is 6.18 Å². The van der Waals surface area contributed by atoms with Gasteiger partial charge in [-0.15, -0.1) is 11.3 Å². The van der Waals surface area contributed by atoms with E-state index in [-0.39, 0.29) is 11.4 Å². The molecule has 0 fully saturated rings. The van der Waals surface area contributed by atoms with Crippen LogP contribution in [0.2, 0.25) is 0 Å². The highest BCUT2D eigenvalue weighted by molar-refractivity contribution is 9.11. The van der Waals surface area contributed by atoms with Crippen LogP contribution in [0.25, 0.3) is 11.4 Å².